The Morgan fingerprint density at radius 1 is 1.25 bits per heavy atom. The maximum Gasteiger partial charge on any atom is 0.255 e. The van der Waals surface area contributed by atoms with E-state index in [0.29, 0.717) is 0 Å². The van der Waals surface area contributed by atoms with Crippen LogP contribution < -0.4 is 10.0 Å². The quantitative estimate of drug-likeness (QED) is 0.769. The molecule has 2 aromatic rings. The molecule has 0 saturated carbocycles. The molecule has 0 unspecified atom stereocenters. The van der Waals surface area contributed by atoms with Crippen LogP contribution in [0.25, 0.3) is 0 Å². The molecule has 0 heterocycles. The number of carbonyl (C=O) groups is 1. The minimum Gasteiger partial charge on any atom is -0.319 e. The number of sulfonamides is 1. The molecule has 0 fully saturated rings. The zero-order valence-corrected chi connectivity index (χ0v) is 14.0. The third kappa shape index (κ3) is 4.41. The van der Waals surface area contributed by atoms with Crippen LogP contribution in [-0.4, -0.2) is 20.9 Å². The molecule has 5 nitrogen and oxygen atoms in total. The zero-order chi connectivity index (χ0) is 17.7. The number of benzene rings is 2. The molecule has 0 aliphatic rings. The van der Waals surface area contributed by atoms with Crippen molar-refractivity contribution in [1.82, 2.24) is 4.72 Å². The van der Waals surface area contributed by atoms with E-state index in [1.54, 1.807) is 0 Å². The van der Waals surface area contributed by atoms with Crippen molar-refractivity contribution in [3.05, 3.63) is 71.5 Å². The van der Waals surface area contributed by atoms with Crippen molar-refractivity contribution in [2.24, 2.45) is 0 Å². The molecule has 0 spiro atoms. The van der Waals surface area contributed by atoms with Crippen LogP contribution in [0.15, 0.2) is 60.0 Å². The number of carbonyl (C=O) groups excluding carboxylic acids is 1. The molecule has 0 radical (unpaired) electrons. The van der Waals surface area contributed by atoms with Crippen molar-refractivity contribution >= 4 is 33.2 Å². The first kappa shape index (κ1) is 18.1. The number of rotatable bonds is 6. The van der Waals surface area contributed by atoms with Gasteiger partial charge in [-0.15, -0.1) is 6.58 Å². The third-order valence-electron chi connectivity index (χ3n) is 3.00. The van der Waals surface area contributed by atoms with Crippen molar-refractivity contribution in [2.75, 3.05) is 11.9 Å². The van der Waals surface area contributed by atoms with Gasteiger partial charge < -0.3 is 5.32 Å². The highest BCUT2D eigenvalue weighted by Gasteiger charge is 2.16. The lowest BCUT2D eigenvalue weighted by Crippen LogP contribution is -2.24. The minimum atomic E-state index is -3.76. The second-order valence-electron chi connectivity index (χ2n) is 4.75. The molecule has 8 heteroatoms. The number of hydrogen-bond acceptors (Lipinski definition) is 3. The van der Waals surface area contributed by atoms with E-state index in [1.807, 2.05) is 0 Å². The summed E-state index contributed by atoms with van der Waals surface area (Å²) in [4.78, 5) is 12.1. The summed E-state index contributed by atoms with van der Waals surface area (Å²) in [5.74, 6) is -1.33. The van der Waals surface area contributed by atoms with Gasteiger partial charge in [-0.05, 0) is 36.4 Å². The largest absolute Gasteiger partial charge is 0.319 e. The smallest absolute Gasteiger partial charge is 0.255 e. The molecule has 126 valence electrons. The van der Waals surface area contributed by atoms with E-state index in [0.717, 1.165) is 6.07 Å². The monoisotopic (exact) mass is 368 g/mol. The fourth-order valence-corrected chi connectivity index (χ4v) is 3.04. The first-order valence-corrected chi connectivity index (χ1v) is 8.66. The van der Waals surface area contributed by atoms with Crippen LogP contribution in [0.2, 0.25) is 5.02 Å². The Bertz CT molecular complexity index is 885. The lowest BCUT2D eigenvalue weighted by molar-refractivity contribution is 0.102. The van der Waals surface area contributed by atoms with Gasteiger partial charge in [-0.1, -0.05) is 23.7 Å². The molecular formula is C16H14ClFN2O3S. The summed E-state index contributed by atoms with van der Waals surface area (Å²) < 4.78 is 40.1. The van der Waals surface area contributed by atoms with Crippen LogP contribution in [0.5, 0.6) is 0 Å². The molecule has 24 heavy (non-hydrogen) atoms. The number of amides is 1. The summed E-state index contributed by atoms with van der Waals surface area (Å²) in [5.41, 5.74) is 0.0215. The third-order valence-corrected chi connectivity index (χ3v) is 4.66. The Balaban J connectivity index is 2.24. The predicted molar refractivity (Wildman–Crippen MR) is 91.2 cm³/mol. The van der Waals surface area contributed by atoms with Crippen LogP contribution in [0, 0.1) is 5.82 Å². The average molecular weight is 369 g/mol. The van der Waals surface area contributed by atoms with Gasteiger partial charge in [0.05, 0.1) is 10.6 Å². The van der Waals surface area contributed by atoms with Crippen LogP contribution in [0.4, 0.5) is 10.1 Å². The van der Waals surface area contributed by atoms with Gasteiger partial charge in [-0.2, -0.15) is 0 Å². The van der Waals surface area contributed by atoms with E-state index < -0.39 is 21.7 Å². The Hall–Kier alpha value is -2.22. The number of anilines is 1. The van der Waals surface area contributed by atoms with Gasteiger partial charge in [0.25, 0.3) is 5.91 Å². The SMILES string of the molecule is C=CCNS(=O)(=O)c1cccc(C(=O)Nc2ccc(Cl)cc2F)c1. The highest BCUT2D eigenvalue weighted by atomic mass is 35.5. The summed E-state index contributed by atoms with van der Waals surface area (Å²) in [6.07, 6.45) is 1.40. The molecule has 2 rings (SSSR count). The van der Waals surface area contributed by atoms with Gasteiger partial charge in [0, 0.05) is 17.1 Å². The summed E-state index contributed by atoms with van der Waals surface area (Å²) in [6, 6.07) is 9.23. The first-order chi connectivity index (χ1) is 11.3. The first-order valence-electron chi connectivity index (χ1n) is 6.80. The standard InChI is InChI=1S/C16H14ClFN2O3S/c1-2-8-19-24(22,23)13-5-3-4-11(9-13)16(21)20-15-7-6-12(17)10-14(15)18/h2-7,9-10,19H,1,8H2,(H,20,21). The fourth-order valence-electron chi connectivity index (χ4n) is 1.84. The molecule has 0 atom stereocenters. The van der Waals surface area contributed by atoms with Gasteiger partial charge >= 0.3 is 0 Å². The van der Waals surface area contributed by atoms with E-state index in [4.69, 9.17) is 11.6 Å². The Kier molecular flexibility index (Phi) is 5.71. The normalized spacial score (nSPS) is 11.1. The van der Waals surface area contributed by atoms with E-state index in [-0.39, 0.29) is 27.7 Å². The van der Waals surface area contributed by atoms with E-state index >= 15 is 0 Å². The summed E-state index contributed by atoms with van der Waals surface area (Å²) >= 11 is 5.65. The van der Waals surface area contributed by atoms with Gasteiger partial charge in [0.1, 0.15) is 5.82 Å². The second-order valence-corrected chi connectivity index (χ2v) is 6.95. The van der Waals surface area contributed by atoms with Crippen LogP contribution >= 0.6 is 11.6 Å². The molecule has 0 bridgehead atoms. The molecule has 0 saturated heterocycles. The minimum absolute atomic E-state index is 0.0533. The van der Waals surface area contributed by atoms with Crippen LogP contribution in [0.3, 0.4) is 0 Å². The second kappa shape index (κ2) is 7.57. The highest BCUT2D eigenvalue weighted by Crippen LogP contribution is 2.20. The molecule has 1 amide bonds. The maximum absolute atomic E-state index is 13.7. The van der Waals surface area contributed by atoms with Gasteiger partial charge in [0.2, 0.25) is 10.0 Å². The van der Waals surface area contributed by atoms with Crippen molar-refractivity contribution in [3.63, 3.8) is 0 Å². The predicted octanol–water partition coefficient (Wildman–Crippen LogP) is 3.20. The number of halogens is 2. The lowest BCUT2D eigenvalue weighted by atomic mass is 10.2. The topological polar surface area (TPSA) is 75.3 Å². The molecule has 2 aromatic carbocycles. The van der Waals surface area contributed by atoms with Crippen molar-refractivity contribution in [1.29, 1.82) is 0 Å². The molecular weight excluding hydrogens is 355 g/mol. The van der Waals surface area contributed by atoms with E-state index in [1.165, 1.54) is 42.5 Å². The van der Waals surface area contributed by atoms with Crippen molar-refractivity contribution in [2.45, 2.75) is 4.90 Å². The van der Waals surface area contributed by atoms with Crippen molar-refractivity contribution in [3.8, 4) is 0 Å². The average Bonchev–Trinajstić information content (AvgIpc) is 2.55. The molecule has 0 aromatic heterocycles. The lowest BCUT2D eigenvalue weighted by Gasteiger charge is -2.09. The van der Waals surface area contributed by atoms with Gasteiger partial charge in [0.15, 0.2) is 0 Å². The van der Waals surface area contributed by atoms with Gasteiger partial charge in [-0.3, -0.25) is 4.79 Å². The molecule has 0 aliphatic heterocycles. The number of hydrogen-bond donors (Lipinski definition) is 2. The summed E-state index contributed by atoms with van der Waals surface area (Å²) in [7, 11) is -3.76. The van der Waals surface area contributed by atoms with Gasteiger partial charge in [-0.25, -0.2) is 17.5 Å². The maximum atomic E-state index is 13.7. The number of nitrogens with one attached hydrogen (secondary N) is 2. The van der Waals surface area contributed by atoms with E-state index in [2.05, 4.69) is 16.6 Å². The fraction of sp³-hybridized carbons (Fsp3) is 0.0625. The highest BCUT2D eigenvalue weighted by molar-refractivity contribution is 7.89. The summed E-state index contributed by atoms with van der Waals surface area (Å²) in [6.45, 7) is 3.49. The molecule has 2 N–H and O–H groups in total. The Morgan fingerprint density at radius 3 is 2.67 bits per heavy atom. The summed E-state index contributed by atoms with van der Waals surface area (Å²) in [5, 5.41) is 2.57. The van der Waals surface area contributed by atoms with Crippen molar-refractivity contribution < 1.29 is 17.6 Å². The molecule has 0 aliphatic carbocycles. The van der Waals surface area contributed by atoms with Crippen LogP contribution in [-0.2, 0) is 10.0 Å². The van der Waals surface area contributed by atoms with Crippen LogP contribution in [0.1, 0.15) is 10.4 Å². The van der Waals surface area contributed by atoms with E-state index in [9.17, 15) is 17.6 Å². The zero-order valence-electron chi connectivity index (χ0n) is 12.4. The Morgan fingerprint density at radius 2 is 2.00 bits per heavy atom. The Labute approximate surface area is 144 Å².